The Balaban J connectivity index is 2.03. The lowest BCUT2D eigenvalue weighted by molar-refractivity contribution is -0.123. The van der Waals surface area contributed by atoms with E-state index in [0.717, 1.165) is 12.1 Å². The van der Waals surface area contributed by atoms with Gasteiger partial charge in [-0.3, -0.25) is 4.79 Å². The third-order valence-electron chi connectivity index (χ3n) is 2.77. The Kier molecular flexibility index (Phi) is 5.23. The standard InChI is InChI=1S/C15H11ClF2N2O3/c1-8(14(21)20-12-3-2-4-19-13(12)16)23-15(22)9-5-10(17)7-11(18)6-9/h2-8H,1H3,(H,20,21)/t8-/m0/s1. The fourth-order valence-corrected chi connectivity index (χ4v) is 1.83. The molecule has 0 fully saturated rings. The number of carbonyl (C=O) groups excluding carboxylic acids is 2. The van der Waals surface area contributed by atoms with Crippen LogP contribution in [0.3, 0.4) is 0 Å². The van der Waals surface area contributed by atoms with Crippen molar-refractivity contribution in [2.75, 3.05) is 5.32 Å². The van der Waals surface area contributed by atoms with Gasteiger partial charge in [0.15, 0.2) is 11.3 Å². The fraction of sp³-hybridized carbons (Fsp3) is 0.133. The largest absolute Gasteiger partial charge is 0.449 e. The van der Waals surface area contributed by atoms with E-state index in [0.29, 0.717) is 6.07 Å². The molecule has 0 bridgehead atoms. The lowest BCUT2D eigenvalue weighted by Crippen LogP contribution is -2.30. The molecule has 1 atom stereocenters. The van der Waals surface area contributed by atoms with Crippen molar-refractivity contribution in [1.82, 2.24) is 4.98 Å². The first kappa shape index (κ1) is 16.8. The SMILES string of the molecule is C[C@H](OC(=O)c1cc(F)cc(F)c1)C(=O)Nc1cccnc1Cl. The molecule has 0 saturated heterocycles. The summed E-state index contributed by atoms with van der Waals surface area (Å²) in [6.07, 6.45) is 0.241. The first-order chi connectivity index (χ1) is 10.9. The van der Waals surface area contributed by atoms with Gasteiger partial charge in [-0.05, 0) is 31.2 Å². The quantitative estimate of drug-likeness (QED) is 0.685. The van der Waals surface area contributed by atoms with Gasteiger partial charge in [-0.2, -0.15) is 0 Å². The molecule has 0 saturated carbocycles. The van der Waals surface area contributed by atoms with E-state index in [4.69, 9.17) is 16.3 Å². The predicted octanol–water partition coefficient (Wildman–Crippen LogP) is 3.20. The second-order valence-electron chi connectivity index (χ2n) is 4.54. The Morgan fingerprint density at radius 1 is 1.26 bits per heavy atom. The highest BCUT2D eigenvalue weighted by molar-refractivity contribution is 6.32. The van der Waals surface area contributed by atoms with Crippen LogP contribution in [0.1, 0.15) is 17.3 Å². The van der Waals surface area contributed by atoms with Crippen LogP contribution in [0, 0.1) is 11.6 Å². The van der Waals surface area contributed by atoms with Crippen LogP contribution in [0.4, 0.5) is 14.5 Å². The number of rotatable bonds is 4. The van der Waals surface area contributed by atoms with Gasteiger partial charge in [0.2, 0.25) is 0 Å². The molecular formula is C15H11ClF2N2O3. The summed E-state index contributed by atoms with van der Waals surface area (Å²) in [6.45, 7) is 1.31. The Morgan fingerprint density at radius 3 is 2.52 bits per heavy atom. The van der Waals surface area contributed by atoms with E-state index in [9.17, 15) is 18.4 Å². The van der Waals surface area contributed by atoms with Gasteiger partial charge in [0.1, 0.15) is 11.6 Å². The number of benzene rings is 1. The van der Waals surface area contributed by atoms with Crippen LogP contribution in [0.2, 0.25) is 5.15 Å². The van der Waals surface area contributed by atoms with Crippen LogP contribution in [-0.2, 0) is 9.53 Å². The Morgan fingerprint density at radius 2 is 1.91 bits per heavy atom. The third-order valence-corrected chi connectivity index (χ3v) is 3.07. The van der Waals surface area contributed by atoms with Crippen molar-refractivity contribution in [3.63, 3.8) is 0 Å². The number of carbonyl (C=O) groups is 2. The van der Waals surface area contributed by atoms with E-state index >= 15 is 0 Å². The van der Waals surface area contributed by atoms with E-state index in [1.807, 2.05) is 0 Å². The molecule has 0 radical (unpaired) electrons. The van der Waals surface area contributed by atoms with Crippen LogP contribution in [0.5, 0.6) is 0 Å². The molecule has 120 valence electrons. The van der Waals surface area contributed by atoms with Crippen molar-refractivity contribution in [2.24, 2.45) is 0 Å². The van der Waals surface area contributed by atoms with Crippen molar-refractivity contribution in [2.45, 2.75) is 13.0 Å². The molecule has 1 heterocycles. The molecule has 23 heavy (non-hydrogen) atoms. The molecule has 1 N–H and O–H groups in total. The summed E-state index contributed by atoms with van der Waals surface area (Å²) < 4.78 is 31.0. The molecule has 1 aromatic carbocycles. The van der Waals surface area contributed by atoms with Gasteiger partial charge in [-0.25, -0.2) is 18.6 Å². The summed E-state index contributed by atoms with van der Waals surface area (Å²) >= 11 is 5.79. The molecule has 0 aliphatic carbocycles. The first-order valence-electron chi connectivity index (χ1n) is 6.45. The minimum absolute atomic E-state index is 0.0755. The molecule has 5 nitrogen and oxygen atoms in total. The monoisotopic (exact) mass is 340 g/mol. The summed E-state index contributed by atoms with van der Waals surface area (Å²) in [7, 11) is 0. The van der Waals surface area contributed by atoms with Crippen LogP contribution < -0.4 is 5.32 Å². The highest BCUT2D eigenvalue weighted by Gasteiger charge is 2.20. The van der Waals surface area contributed by atoms with E-state index < -0.39 is 29.6 Å². The van der Waals surface area contributed by atoms with Gasteiger partial charge in [-0.1, -0.05) is 11.6 Å². The van der Waals surface area contributed by atoms with E-state index in [1.165, 1.54) is 19.2 Å². The zero-order chi connectivity index (χ0) is 17.0. The second kappa shape index (κ2) is 7.15. The molecule has 0 spiro atoms. The van der Waals surface area contributed by atoms with Crippen molar-refractivity contribution in [3.05, 3.63) is 58.9 Å². The highest BCUT2D eigenvalue weighted by Crippen LogP contribution is 2.18. The number of hydrogen-bond acceptors (Lipinski definition) is 4. The number of anilines is 1. The summed E-state index contributed by atoms with van der Waals surface area (Å²) in [5.74, 6) is -3.53. The maximum atomic E-state index is 13.1. The number of hydrogen-bond donors (Lipinski definition) is 1. The van der Waals surface area contributed by atoms with E-state index in [2.05, 4.69) is 10.3 Å². The summed E-state index contributed by atoms with van der Waals surface area (Å²) in [5, 5.41) is 2.51. The van der Waals surface area contributed by atoms with Crippen LogP contribution in [0.15, 0.2) is 36.5 Å². The molecule has 0 unspecified atom stereocenters. The molecule has 2 rings (SSSR count). The average Bonchev–Trinajstić information content (AvgIpc) is 2.48. The lowest BCUT2D eigenvalue weighted by Gasteiger charge is -2.14. The van der Waals surface area contributed by atoms with Gasteiger partial charge in [0.05, 0.1) is 11.3 Å². The third kappa shape index (κ3) is 4.46. The number of aromatic nitrogens is 1. The lowest BCUT2D eigenvalue weighted by atomic mass is 10.2. The van der Waals surface area contributed by atoms with Gasteiger partial charge in [-0.15, -0.1) is 0 Å². The van der Waals surface area contributed by atoms with Crippen molar-refractivity contribution < 1.29 is 23.1 Å². The van der Waals surface area contributed by atoms with Crippen molar-refractivity contribution in [1.29, 1.82) is 0 Å². The molecule has 2 aromatic rings. The number of ether oxygens (including phenoxy) is 1. The van der Waals surface area contributed by atoms with E-state index in [-0.39, 0.29) is 16.4 Å². The number of halogens is 3. The second-order valence-corrected chi connectivity index (χ2v) is 4.89. The molecule has 1 amide bonds. The minimum Gasteiger partial charge on any atom is -0.449 e. The summed E-state index contributed by atoms with van der Waals surface area (Å²) in [4.78, 5) is 27.5. The predicted molar refractivity (Wildman–Crippen MR) is 79.1 cm³/mol. The maximum absolute atomic E-state index is 13.1. The Bertz CT molecular complexity index is 735. The normalized spacial score (nSPS) is 11.7. The fourth-order valence-electron chi connectivity index (χ4n) is 1.67. The molecule has 1 aromatic heterocycles. The maximum Gasteiger partial charge on any atom is 0.339 e. The van der Waals surface area contributed by atoms with Gasteiger partial charge < -0.3 is 10.1 Å². The van der Waals surface area contributed by atoms with Gasteiger partial charge in [0.25, 0.3) is 5.91 Å². The molecule has 0 aliphatic heterocycles. The van der Waals surface area contributed by atoms with Crippen molar-refractivity contribution in [3.8, 4) is 0 Å². The number of nitrogens with one attached hydrogen (secondary N) is 1. The molecule has 0 aliphatic rings. The topological polar surface area (TPSA) is 68.3 Å². The summed E-state index contributed by atoms with van der Waals surface area (Å²) in [6, 6.07) is 5.33. The van der Waals surface area contributed by atoms with Crippen LogP contribution in [0.25, 0.3) is 0 Å². The van der Waals surface area contributed by atoms with E-state index in [1.54, 1.807) is 6.07 Å². The Labute approximate surface area is 135 Å². The van der Waals surface area contributed by atoms with Gasteiger partial charge >= 0.3 is 5.97 Å². The smallest absolute Gasteiger partial charge is 0.339 e. The first-order valence-corrected chi connectivity index (χ1v) is 6.83. The highest BCUT2D eigenvalue weighted by atomic mass is 35.5. The van der Waals surface area contributed by atoms with Crippen molar-refractivity contribution >= 4 is 29.2 Å². The minimum atomic E-state index is -1.20. The number of nitrogens with zero attached hydrogens (tertiary/aromatic N) is 1. The summed E-state index contributed by atoms with van der Waals surface area (Å²) in [5.41, 5.74) is -0.0829. The van der Waals surface area contributed by atoms with Crippen LogP contribution >= 0.6 is 11.6 Å². The zero-order valence-corrected chi connectivity index (χ0v) is 12.6. The van der Waals surface area contributed by atoms with Gasteiger partial charge in [0, 0.05) is 12.3 Å². The Hall–Kier alpha value is -2.54. The number of amides is 1. The number of esters is 1. The molecule has 8 heteroatoms. The average molecular weight is 341 g/mol. The van der Waals surface area contributed by atoms with Crippen LogP contribution in [-0.4, -0.2) is 23.0 Å². The molecular weight excluding hydrogens is 330 g/mol. The zero-order valence-electron chi connectivity index (χ0n) is 11.8. The number of pyridine rings is 1.